The van der Waals surface area contributed by atoms with Gasteiger partial charge in [0.1, 0.15) is 24.3 Å². The second kappa shape index (κ2) is 5.05. The van der Waals surface area contributed by atoms with E-state index in [1.54, 1.807) is 0 Å². The number of hydrogen-bond donors (Lipinski definition) is 3. The van der Waals surface area contributed by atoms with Gasteiger partial charge in [-0.15, -0.1) is 0 Å². The second-order valence-electron chi connectivity index (χ2n) is 4.07. The standard InChI is InChI=1S/C10H14N4O5/c1-18-6-5(16)8(12)19-9(6)14-2-4(3-15)7(11)13-10(14)17/h2-3,5-6,8-9,16H,12H2,1H3,(H2,11,13,17). The molecule has 5 N–H and O–H groups in total. The number of ether oxygens (including phenoxy) is 2. The fourth-order valence-corrected chi connectivity index (χ4v) is 1.92. The van der Waals surface area contributed by atoms with Gasteiger partial charge >= 0.3 is 5.69 Å². The fraction of sp³-hybridized carbons (Fsp3) is 0.500. The SMILES string of the molecule is COC1C(O)C(N)OC1n1cc(C=O)c(N)nc1=O. The first kappa shape index (κ1) is 13.6. The summed E-state index contributed by atoms with van der Waals surface area (Å²) in [4.78, 5) is 26.1. The van der Waals surface area contributed by atoms with Crippen molar-refractivity contribution in [1.82, 2.24) is 9.55 Å². The van der Waals surface area contributed by atoms with E-state index in [0.29, 0.717) is 6.29 Å². The largest absolute Gasteiger partial charge is 0.386 e. The topological polar surface area (TPSA) is 143 Å². The number of anilines is 1. The van der Waals surface area contributed by atoms with E-state index in [4.69, 9.17) is 20.9 Å². The number of aliphatic hydroxyl groups is 1. The van der Waals surface area contributed by atoms with Crippen molar-refractivity contribution in [3.63, 3.8) is 0 Å². The number of aromatic nitrogens is 2. The molecule has 0 saturated carbocycles. The zero-order chi connectivity index (χ0) is 14.2. The maximum atomic E-state index is 11.8. The van der Waals surface area contributed by atoms with Gasteiger partial charge in [0.15, 0.2) is 12.5 Å². The zero-order valence-electron chi connectivity index (χ0n) is 10.1. The molecule has 0 radical (unpaired) electrons. The molecule has 2 rings (SSSR count). The highest BCUT2D eigenvalue weighted by molar-refractivity contribution is 5.80. The average Bonchev–Trinajstić information content (AvgIpc) is 2.65. The van der Waals surface area contributed by atoms with Gasteiger partial charge in [-0.05, 0) is 0 Å². The van der Waals surface area contributed by atoms with Crippen molar-refractivity contribution in [2.75, 3.05) is 12.8 Å². The van der Waals surface area contributed by atoms with Gasteiger partial charge < -0.3 is 26.0 Å². The Morgan fingerprint density at radius 1 is 1.63 bits per heavy atom. The minimum absolute atomic E-state index is 0.0352. The first-order chi connectivity index (χ1) is 8.99. The van der Waals surface area contributed by atoms with Crippen molar-refractivity contribution >= 4 is 12.1 Å². The van der Waals surface area contributed by atoms with E-state index in [1.807, 2.05) is 0 Å². The van der Waals surface area contributed by atoms with E-state index in [0.717, 1.165) is 4.57 Å². The third-order valence-corrected chi connectivity index (χ3v) is 2.94. The summed E-state index contributed by atoms with van der Waals surface area (Å²) in [5.41, 5.74) is 10.3. The van der Waals surface area contributed by atoms with Gasteiger partial charge in [-0.3, -0.25) is 9.36 Å². The van der Waals surface area contributed by atoms with Gasteiger partial charge in [0.25, 0.3) is 0 Å². The lowest BCUT2D eigenvalue weighted by Crippen LogP contribution is -2.39. The van der Waals surface area contributed by atoms with Crippen molar-refractivity contribution in [1.29, 1.82) is 0 Å². The summed E-state index contributed by atoms with van der Waals surface area (Å²) in [7, 11) is 1.35. The van der Waals surface area contributed by atoms with Crippen LogP contribution in [0.5, 0.6) is 0 Å². The summed E-state index contributed by atoms with van der Waals surface area (Å²) in [5.74, 6) is -0.173. The molecule has 0 spiro atoms. The quantitative estimate of drug-likeness (QED) is 0.526. The summed E-state index contributed by atoms with van der Waals surface area (Å²) in [6.07, 6.45) is -2.27. The van der Waals surface area contributed by atoms with Gasteiger partial charge in [0.05, 0.1) is 5.56 Å². The van der Waals surface area contributed by atoms with E-state index >= 15 is 0 Å². The van der Waals surface area contributed by atoms with Crippen LogP contribution in [0.25, 0.3) is 0 Å². The number of carbonyl (C=O) groups is 1. The summed E-state index contributed by atoms with van der Waals surface area (Å²) in [6, 6.07) is 0. The van der Waals surface area contributed by atoms with Gasteiger partial charge in [-0.25, -0.2) is 4.79 Å². The molecule has 0 amide bonds. The van der Waals surface area contributed by atoms with Crippen LogP contribution in [0.4, 0.5) is 5.82 Å². The molecule has 0 aromatic carbocycles. The van der Waals surface area contributed by atoms with Gasteiger partial charge in [-0.1, -0.05) is 0 Å². The Kier molecular flexibility index (Phi) is 3.62. The Labute approximate surface area is 107 Å². The number of nitrogens with two attached hydrogens (primary N) is 2. The summed E-state index contributed by atoms with van der Waals surface area (Å²) >= 11 is 0. The van der Waals surface area contributed by atoms with Crippen molar-refractivity contribution in [3.8, 4) is 0 Å². The normalized spacial score (nSPS) is 30.5. The predicted molar refractivity (Wildman–Crippen MR) is 63.2 cm³/mol. The third-order valence-electron chi connectivity index (χ3n) is 2.94. The van der Waals surface area contributed by atoms with Crippen molar-refractivity contribution < 1.29 is 19.4 Å². The number of nitrogen functional groups attached to an aromatic ring is 1. The maximum absolute atomic E-state index is 11.8. The Balaban J connectivity index is 2.47. The highest BCUT2D eigenvalue weighted by atomic mass is 16.6. The second-order valence-corrected chi connectivity index (χ2v) is 4.07. The van der Waals surface area contributed by atoms with E-state index in [-0.39, 0.29) is 11.4 Å². The van der Waals surface area contributed by atoms with Crippen LogP contribution in [-0.2, 0) is 9.47 Å². The molecule has 9 nitrogen and oxygen atoms in total. The zero-order valence-corrected chi connectivity index (χ0v) is 10.1. The molecule has 19 heavy (non-hydrogen) atoms. The van der Waals surface area contributed by atoms with Crippen LogP contribution in [0.15, 0.2) is 11.0 Å². The highest BCUT2D eigenvalue weighted by Crippen LogP contribution is 2.28. The molecule has 0 aliphatic carbocycles. The molecule has 1 aliphatic heterocycles. The molecule has 1 aromatic heterocycles. The Morgan fingerprint density at radius 2 is 2.32 bits per heavy atom. The molecule has 0 bridgehead atoms. The number of methoxy groups -OCH3 is 1. The van der Waals surface area contributed by atoms with Crippen LogP contribution in [0, 0.1) is 0 Å². The van der Waals surface area contributed by atoms with Crippen LogP contribution in [0.1, 0.15) is 16.6 Å². The Hall–Kier alpha value is -1.81. The molecule has 1 aromatic rings. The molecule has 1 fully saturated rings. The van der Waals surface area contributed by atoms with Crippen LogP contribution < -0.4 is 17.2 Å². The Bertz CT molecular complexity index is 545. The fourth-order valence-electron chi connectivity index (χ4n) is 1.92. The number of aldehydes is 1. The minimum Gasteiger partial charge on any atom is -0.386 e. The van der Waals surface area contributed by atoms with Gasteiger partial charge in [0.2, 0.25) is 0 Å². The number of aliphatic hydroxyl groups excluding tert-OH is 1. The third kappa shape index (κ3) is 2.24. The number of hydrogen-bond acceptors (Lipinski definition) is 8. The van der Waals surface area contributed by atoms with Crippen LogP contribution in [0.3, 0.4) is 0 Å². The molecule has 9 heteroatoms. The van der Waals surface area contributed by atoms with Gasteiger partial charge in [-0.2, -0.15) is 4.98 Å². The first-order valence-corrected chi connectivity index (χ1v) is 5.45. The molecule has 2 heterocycles. The minimum atomic E-state index is -1.10. The average molecular weight is 270 g/mol. The molecule has 4 atom stereocenters. The number of rotatable bonds is 3. The van der Waals surface area contributed by atoms with Crippen molar-refractivity contribution in [2.24, 2.45) is 5.73 Å². The lowest BCUT2D eigenvalue weighted by atomic mass is 10.2. The Morgan fingerprint density at radius 3 is 2.89 bits per heavy atom. The summed E-state index contributed by atoms with van der Waals surface area (Å²) < 4.78 is 11.3. The van der Waals surface area contributed by atoms with Gasteiger partial charge in [0, 0.05) is 13.3 Å². The predicted octanol–water partition coefficient (Wildman–Crippen LogP) is -2.17. The smallest absolute Gasteiger partial charge is 0.351 e. The van der Waals surface area contributed by atoms with E-state index in [2.05, 4.69) is 4.98 Å². The van der Waals surface area contributed by atoms with Crippen molar-refractivity contribution in [3.05, 3.63) is 22.2 Å². The van der Waals surface area contributed by atoms with Crippen molar-refractivity contribution in [2.45, 2.75) is 24.7 Å². The lowest BCUT2D eigenvalue weighted by molar-refractivity contribution is -0.0529. The maximum Gasteiger partial charge on any atom is 0.351 e. The molecule has 4 unspecified atom stereocenters. The lowest BCUT2D eigenvalue weighted by Gasteiger charge is -2.20. The van der Waals surface area contributed by atoms with Crippen LogP contribution >= 0.6 is 0 Å². The first-order valence-electron chi connectivity index (χ1n) is 5.45. The van der Waals surface area contributed by atoms with E-state index < -0.39 is 30.4 Å². The molecule has 104 valence electrons. The summed E-state index contributed by atoms with van der Waals surface area (Å²) in [6.45, 7) is 0. The molecule has 1 saturated heterocycles. The van der Waals surface area contributed by atoms with Crippen LogP contribution in [-0.4, -0.2) is 46.5 Å². The highest BCUT2D eigenvalue weighted by Gasteiger charge is 2.44. The van der Waals surface area contributed by atoms with E-state index in [9.17, 15) is 14.7 Å². The number of nitrogens with zero attached hydrogens (tertiary/aromatic N) is 2. The molecular formula is C10H14N4O5. The summed E-state index contributed by atoms with van der Waals surface area (Å²) in [5, 5.41) is 9.76. The molecule has 1 aliphatic rings. The monoisotopic (exact) mass is 270 g/mol. The van der Waals surface area contributed by atoms with E-state index in [1.165, 1.54) is 13.3 Å². The van der Waals surface area contributed by atoms with Crippen LogP contribution in [0.2, 0.25) is 0 Å². The molecular weight excluding hydrogens is 256 g/mol. The number of carbonyl (C=O) groups excluding carboxylic acids is 1.